The molecule has 0 aliphatic carbocycles. The summed E-state index contributed by atoms with van der Waals surface area (Å²) < 4.78 is 0. The lowest BCUT2D eigenvalue weighted by atomic mass is 10.1. The van der Waals surface area contributed by atoms with Gasteiger partial charge in [-0.15, -0.1) is 0 Å². The Morgan fingerprint density at radius 1 is 1.12 bits per heavy atom. The van der Waals surface area contributed by atoms with Crippen molar-refractivity contribution in [3.05, 3.63) is 58.9 Å². The average Bonchev–Trinajstić information content (AvgIpc) is 2.91. The van der Waals surface area contributed by atoms with Crippen molar-refractivity contribution < 1.29 is 4.79 Å². The van der Waals surface area contributed by atoms with Crippen molar-refractivity contribution in [3.8, 4) is 0 Å². The molecule has 1 aliphatic rings. The van der Waals surface area contributed by atoms with E-state index in [9.17, 15) is 4.79 Å². The summed E-state index contributed by atoms with van der Waals surface area (Å²) in [6.07, 6.45) is 7.17. The molecule has 1 fully saturated rings. The molecule has 5 heteroatoms. The molecule has 1 aromatic carbocycles. The number of anilines is 1. The molecule has 4 nitrogen and oxygen atoms in total. The third-order valence-corrected chi connectivity index (χ3v) is 4.74. The lowest BCUT2D eigenvalue weighted by Gasteiger charge is -2.20. The molecule has 1 aliphatic heterocycles. The summed E-state index contributed by atoms with van der Waals surface area (Å²) in [5.74, 6) is 0.0420. The Bertz CT molecular complexity index is 712. The summed E-state index contributed by atoms with van der Waals surface area (Å²) in [4.78, 5) is 18.9. The number of nitrogens with zero attached hydrogens (tertiary/aromatic N) is 2. The summed E-state index contributed by atoms with van der Waals surface area (Å²) in [5.41, 5.74) is 2.64. The fourth-order valence-corrected chi connectivity index (χ4v) is 3.35. The van der Waals surface area contributed by atoms with Gasteiger partial charge in [-0.25, -0.2) is 0 Å². The van der Waals surface area contributed by atoms with Gasteiger partial charge >= 0.3 is 0 Å². The number of aromatic nitrogens is 1. The number of carbonyl (C=O) groups is 1. The molecular weight excluding hydrogens is 334 g/mol. The minimum Gasteiger partial charge on any atom is -0.385 e. The van der Waals surface area contributed by atoms with Crippen LogP contribution in [0.4, 0.5) is 5.69 Å². The van der Waals surface area contributed by atoms with E-state index >= 15 is 0 Å². The first-order chi connectivity index (χ1) is 12.2. The van der Waals surface area contributed by atoms with Gasteiger partial charge in [0.05, 0.1) is 0 Å². The third kappa shape index (κ3) is 5.20. The molecule has 25 heavy (non-hydrogen) atoms. The van der Waals surface area contributed by atoms with Crippen molar-refractivity contribution >= 4 is 23.2 Å². The van der Waals surface area contributed by atoms with Gasteiger partial charge in [-0.2, -0.15) is 0 Å². The average molecular weight is 358 g/mol. The van der Waals surface area contributed by atoms with Crippen LogP contribution in [0.15, 0.2) is 42.6 Å². The molecule has 132 valence electrons. The van der Waals surface area contributed by atoms with E-state index < -0.39 is 0 Å². The molecule has 0 atom stereocenters. The lowest BCUT2D eigenvalue weighted by Crippen LogP contribution is -2.32. The second kappa shape index (κ2) is 8.86. The van der Waals surface area contributed by atoms with E-state index in [1.165, 1.54) is 18.4 Å². The summed E-state index contributed by atoms with van der Waals surface area (Å²) >= 11 is 6.01. The first-order valence-electron chi connectivity index (χ1n) is 8.96. The van der Waals surface area contributed by atoms with Crippen molar-refractivity contribution in [2.24, 2.45) is 0 Å². The number of carbonyl (C=O) groups excluding carboxylic acids is 1. The Balaban J connectivity index is 1.58. The van der Waals surface area contributed by atoms with Gasteiger partial charge in [-0.05, 0) is 49.1 Å². The van der Waals surface area contributed by atoms with Crippen LogP contribution < -0.4 is 5.32 Å². The fraction of sp³-hybridized carbons (Fsp3) is 0.400. The molecule has 0 unspecified atom stereocenters. The van der Waals surface area contributed by atoms with Crippen LogP contribution in [0.25, 0.3) is 0 Å². The molecular formula is C20H24ClN3O. The molecule has 2 aromatic rings. The predicted octanol–water partition coefficient (Wildman–Crippen LogP) is 4.41. The zero-order valence-electron chi connectivity index (χ0n) is 14.4. The van der Waals surface area contributed by atoms with Crippen LogP contribution in [-0.2, 0) is 6.42 Å². The number of likely N-dealkylation sites (tertiary alicyclic amines) is 1. The van der Waals surface area contributed by atoms with Crippen LogP contribution in [0.3, 0.4) is 0 Å². The first-order valence-corrected chi connectivity index (χ1v) is 9.34. The van der Waals surface area contributed by atoms with E-state index in [1.807, 2.05) is 35.2 Å². The number of hydrogen-bond acceptors (Lipinski definition) is 3. The van der Waals surface area contributed by atoms with Crippen LogP contribution in [0.1, 0.15) is 41.7 Å². The highest BCUT2D eigenvalue weighted by atomic mass is 35.5. The number of hydrogen-bond donors (Lipinski definition) is 1. The van der Waals surface area contributed by atoms with Crippen molar-refractivity contribution in [3.63, 3.8) is 0 Å². The number of nitrogens with one attached hydrogen (secondary N) is 1. The minimum atomic E-state index is 0.0420. The molecule has 1 saturated heterocycles. The second-order valence-electron chi connectivity index (χ2n) is 6.44. The Kier molecular flexibility index (Phi) is 6.29. The minimum absolute atomic E-state index is 0.0420. The Morgan fingerprint density at radius 2 is 1.92 bits per heavy atom. The highest BCUT2D eigenvalue weighted by Crippen LogP contribution is 2.15. The summed E-state index contributed by atoms with van der Waals surface area (Å²) in [6.45, 7) is 2.46. The molecule has 0 radical (unpaired) electrons. The van der Waals surface area contributed by atoms with E-state index in [0.717, 1.165) is 49.6 Å². The van der Waals surface area contributed by atoms with Crippen molar-refractivity contribution in [1.29, 1.82) is 0 Å². The molecule has 3 rings (SSSR count). The fourth-order valence-electron chi connectivity index (χ4n) is 3.14. The largest absolute Gasteiger partial charge is 0.385 e. The first kappa shape index (κ1) is 17.7. The van der Waals surface area contributed by atoms with E-state index in [1.54, 1.807) is 6.20 Å². The normalized spacial score (nSPS) is 14.8. The van der Waals surface area contributed by atoms with Gasteiger partial charge in [-0.1, -0.05) is 36.6 Å². The number of benzene rings is 1. The maximum Gasteiger partial charge on any atom is 0.272 e. The van der Waals surface area contributed by atoms with Crippen LogP contribution in [0, 0.1) is 0 Å². The number of halogens is 1. The Morgan fingerprint density at radius 3 is 2.68 bits per heavy atom. The van der Waals surface area contributed by atoms with Gasteiger partial charge in [0, 0.05) is 36.5 Å². The van der Waals surface area contributed by atoms with Crippen molar-refractivity contribution in [2.75, 3.05) is 25.0 Å². The molecule has 2 heterocycles. The van der Waals surface area contributed by atoms with E-state index in [0.29, 0.717) is 5.69 Å². The standard InChI is InChI=1S/C20H24ClN3O/c21-17-7-5-6-16(14-17)8-10-22-18-9-11-23-19(15-18)20(25)24-12-3-1-2-4-13-24/h5-7,9,11,14-15H,1-4,8,10,12-13H2,(H,22,23). The summed E-state index contributed by atoms with van der Waals surface area (Å²) in [5, 5.41) is 4.13. The van der Waals surface area contributed by atoms with E-state index in [2.05, 4.69) is 16.4 Å². The molecule has 0 saturated carbocycles. The maximum absolute atomic E-state index is 12.7. The molecule has 0 spiro atoms. The van der Waals surface area contributed by atoms with Gasteiger partial charge in [-0.3, -0.25) is 9.78 Å². The number of amides is 1. The molecule has 1 N–H and O–H groups in total. The Labute approximate surface area is 154 Å². The van der Waals surface area contributed by atoms with Gasteiger partial charge in [0.2, 0.25) is 0 Å². The summed E-state index contributed by atoms with van der Waals surface area (Å²) in [7, 11) is 0. The van der Waals surface area contributed by atoms with Gasteiger partial charge in [0.15, 0.2) is 0 Å². The topological polar surface area (TPSA) is 45.2 Å². The number of rotatable bonds is 5. The van der Waals surface area contributed by atoms with E-state index in [-0.39, 0.29) is 5.91 Å². The zero-order chi connectivity index (χ0) is 17.5. The summed E-state index contributed by atoms with van der Waals surface area (Å²) in [6, 6.07) is 11.6. The second-order valence-corrected chi connectivity index (χ2v) is 6.88. The highest BCUT2D eigenvalue weighted by molar-refractivity contribution is 6.30. The molecule has 0 bridgehead atoms. The smallest absolute Gasteiger partial charge is 0.272 e. The molecule has 1 aromatic heterocycles. The Hall–Kier alpha value is -2.07. The monoisotopic (exact) mass is 357 g/mol. The quantitative estimate of drug-likeness (QED) is 0.862. The predicted molar refractivity (Wildman–Crippen MR) is 102 cm³/mol. The van der Waals surface area contributed by atoms with Gasteiger partial charge in [0.1, 0.15) is 5.69 Å². The van der Waals surface area contributed by atoms with Crippen LogP contribution in [0.2, 0.25) is 5.02 Å². The van der Waals surface area contributed by atoms with Crippen molar-refractivity contribution in [1.82, 2.24) is 9.88 Å². The SMILES string of the molecule is O=C(c1cc(NCCc2cccc(Cl)c2)ccn1)N1CCCCCC1. The van der Waals surface area contributed by atoms with Crippen LogP contribution in [-0.4, -0.2) is 35.4 Å². The third-order valence-electron chi connectivity index (χ3n) is 4.50. The van der Waals surface area contributed by atoms with Crippen molar-refractivity contribution in [2.45, 2.75) is 32.1 Å². The van der Waals surface area contributed by atoms with Crippen LogP contribution >= 0.6 is 11.6 Å². The number of pyridine rings is 1. The van der Waals surface area contributed by atoms with Gasteiger partial charge in [0.25, 0.3) is 5.91 Å². The molecule has 1 amide bonds. The zero-order valence-corrected chi connectivity index (χ0v) is 15.1. The lowest BCUT2D eigenvalue weighted by molar-refractivity contribution is 0.0756. The van der Waals surface area contributed by atoms with E-state index in [4.69, 9.17) is 11.6 Å². The van der Waals surface area contributed by atoms with Crippen LogP contribution in [0.5, 0.6) is 0 Å². The highest BCUT2D eigenvalue weighted by Gasteiger charge is 2.18. The maximum atomic E-state index is 12.7. The van der Waals surface area contributed by atoms with Gasteiger partial charge < -0.3 is 10.2 Å².